The summed E-state index contributed by atoms with van der Waals surface area (Å²) in [4.78, 5) is 0. The van der Waals surface area contributed by atoms with E-state index in [9.17, 15) is 0 Å². The largest absolute Gasteiger partial charge is 0.493 e. The van der Waals surface area contributed by atoms with Crippen molar-refractivity contribution in [1.29, 1.82) is 0 Å². The highest BCUT2D eigenvalue weighted by Crippen LogP contribution is 2.33. The normalized spacial score (nSPS) is 10.8. The van der Waals surface area contributed by atoms with Gasteiger partial charge in [0.15, 0.2) is 22.5 Å². The van der Waals surface area contributed by atoms with Crippen LogP contribution in [0, 0.1) is 0 Å². The van der Waals surface area contributed by atoms with Crippen molar-refractivity contribution in [2.24, 2.45) is 0 Å². The van der Waals surface area contributed by atoms with Gasteiger partial charge < -0.3 is 23.5 Å². The molecular formula is C22H26ClN3O4S. The molecule has 0 saturated carbocycles. The Kier molecular flexibility index (Phi) is 8.87. The lowest BCUT2D eigenvalue weighted by molar-refractivity contribution is 0.189. The topological polar surface area (TPSA) is 67.6 Å². The van der Waals surface area contributed by atoms with E-state index in [2.05, 4.69) is 14.8 Å². The maximum Gasteiger partial charge on any atom is 0.191 e. The van der Waals surface area contributed by atoms with Crippen molar-refractivity contribution in [3.05, 3.63) is 47.5 Å². The molecule has 0 spiro atoms. The molecule has 0 aliphatic rings. The molecule has 166 valence electrons. The molecule has 0 fully saturated rings. The molecule has 0 atom stereocenters. The number of thioether (sulfide) groups is 1. The number of aromatic nitrogens is 3. The number of hydrogen-bond acceptors (Lipinski definition) is 7. The predicted molar refractivity (Wildman–Crippen MR) is 123 cm³/mol. The van der Waals surface area contributed by atoms with Crippen molar-refractivity contribution in [3.63, 3.8) is 0 Å². The van der Waals surface area contributed by atoms with Gasteiger partial charge in [-0.1, -0.05) is 29.4 Å². The van der Waals surface area contributed by atoms with Crippen LogP contribution in [0.5, 0.6) is 17.2 Å². The van der Waals surface area contributed by atoms with Gasteiger partial charge in [0.1, 0.15) is 5.75 Å². The third-order valence-corrected chi connectivity index (χ3v) is 5.63. The molecule has 1 heterocycles. The summed E-state index contributed by atoms with van der Waals surface area (Å²) in [6.45, 7) is 1.93. The van der Waals surface area contributed by atoms with Crippen LogP contribution in [0.3, 0.4) is 0 Å². The van der Waals surface area contributed by atoms with E-state index < -0.39 is 0 Å². The number of methoxy groups -OCH3 is 3. The standard InChI is InChI=1S/C22H26ClN3O4S/c1-27-11-5-10-26-21(16-8-9-19(28-2)20(14-16)29-3)24-25-22(26)31-13-12-30-18-7-4-6-17(23)15-18/h4,6-9,14-15H,5,10-13H2,1-3H3. The molecule has 31 heavy (non-hydrogen) atoms. The fourth-order valence-electron chi connectivity index (χ4n) is 3.00. The summed E-state index contributed by atoms with van der Waals surface area (Å²) in [7, 11) is 4.93. The van der Waals surface area contributed by atoms with Crippen molar-refractivity contribution >= 4 is 23.4 Å². The van der Waals surface area contributed by atoms with Crippen molar-refractivity contribution < 1.29 is 18.9 Å². The van der Waals surface area contributed by atoms with Gasteiger partial charge in [-0.2, -0.15) is 0 Å². The van der Waals surface area contributed by atoms with Gasteiger partial charge in [-0.15, -0.1) is 10.2 Å². The maximum absolute atomic E-state index is 6.00. The van der Waals surface area contributed by atoms with Gasteiger partial charge in [0.25, 0.3) is 0 Å². The monoisotopic (exact) mass is 463 g/mol. The highest BCUT2D eigenvalue weighted by atomic mass is 35.5. The van der Waals surface area contributed by atoms with E-state index in [0.717, 1.165) is 41.0 Å². The summed E-state index contributed by atoms with van der Waals surface area (Å²) in [6.07, 6.45) is 0.849. The molecular weight excluding hydrogens is 438 g/mol. The average Bonchev–Trinajstić information content (AvgIpc) is 3.19. The Morgan fingerprint density at radius 1 is 0.968 bits per heavy atom. The SMILES string of the molecule is COCCCn1c(SCCOc2cccc(Cl)c2)nnc1-c1ccc(OC)c(OC)c1. The minimum absolute atomic E-state index is 0.529. The molecule has 0 amide bonds. The first-order chi connectivity index (χ1) is 15.2. The summed E-state index contributed by atoms with van der Waals surface area (Å²) < 4.78 is 23.9. The van der Waals surface area contributed by atoms with Crippen LogP contribution in [-0.4, -0.2) is 55.1 Å². The molecule has 0 N–H and O–H groups in total. The summed E-state index contributed by atoms with van der Waals surface area (Å²) in [6, 6.07) is 13.1. The third-order valence-electron chi connectivity index (χ3n) is 4.47. The number of hydrogen-bond donors (Lipinski definition) is 0. The van der Waals surface area contributed by atoms with Gasteiger partial charge in [-0.25, -0.2) is 0 Å². The van der Waals surface area contributed by atoms with Gasteiger partial charge in [-0.05, 0) is 42.8 Å². The van der Waals surface area contributed by atoms with Crippen molar-refractivity contribution in [1.82, 2.24) is 14.8 Å². The Labute approximate surface area is 191 Å². The minimum Gasteiger partial charge on any atom is -0.493 e. The molecule has 0 aliphatic carbocycles. The van der Waals surface area contributed by atoms with Crippen LogP contribution in [-0.2, 0) is 11.3 Å². The Balaban J connectivity index is 1.73. The molecule has 2 aromatic carbocycles. The van der Waals surface area contributed by atoms with Crippen LogP contribution in [0.2, 0.25) is 5.02 Å². The van der Waals surface area contributed by atoms with Crippen molar-refractivity contribution in [3.8, 4) is 28.6 Å². The zero-order chi connectivity index (χ0) is 22.1. The second kappa shape index (κ2) is 11.8. The highest BCUT2D eigenvalue weighted by Gasteiger charge is 2.16. The molecule has 1 aromatic heterocycles. The Morgan fingerprint density at radius 2 is 1.81 bits per heavy atom. The lowest BCUT2D eigenvalue weighted by atomic mass is 10.2. The van der Waals surface area contributed by atoms with Crippen LogP contribution in [0.1, 0.15) is 6.42 Å². The zero-order valence-electron chi connectivity index (χ0n) is 17.8. The molecule has 3 rings (SSSR count). The minimum atomic E-state index is 0.529. The summed E-state index contributed by atoms with van der Waals surface area (Å²) in [5, 5.41) is 10.3. The lowest BCUT2D eigenvalue weighted by Gasteiger charge is -2.12. The maximum atomic E-state index is 6.00. The Morgan fingerprint density at radius 3 is 2.55 bits per heavy atom. The highest BCUT2D eigenvalue weighted by molar-refractivity contribution is 7.99. The van der Waals surface area contributed by atoms with Crippen LogP contribution in [0.15, 0.2) is 47.6 Å². The van der Waals surface area contributed by atoms with E-state index in [1.165, 1.54) is 0 Å². The number of benzene rings is 2. The van der Waals surface area contributed by atoms with Crippen LogP contribution in [0.4, 0.5) is 0 Å². The number of ether oxygens (including phenoxy) is 4. The summed E-state index contributed by atoms with van der Waals surface area (Å²) in [5.74, 6) is 3.57. The van der Waals surface area contributed by atoms with Gasteiger partial charge in [0.2, 0.25) is 0 Å². The van der Waals surface area contributed by atoms with E-state index in [1.54, 1.807) is 39.2 Å². The first-order valence-electron chi connectivity index (χ1n) is 9.82. The molecule has 7 nitrogen and oxygen atoms in total. The fraction of sp³-hybridized carbons (Fsp3) is 0.364. The van der Waals surface area contributed by atoms with Crippen molar-refractivity contribution in [2.45, 2.75) is 18.1 Å². The molecule has 9 heteroatoms. The number of nitrogens with zero attached hydrogens (tertiary/aromatic N) is 3. The number of halogens is 1. The third kappa shape index (κ3) is 6.29. The zero-order valence-corrected chi connectivity index (χ0v) is 19.4. The van der Waals surface area contributed by atoms with Gasteiger partial charge in [-0.3, -0.25) is 0 Å². The molecule has 0 unspecified atom stereocenters. The average molecular weight is 464 g/mol. The fourth-order valence-corrected chi connectivity index (χ4v) is 3.96. The van der Waals surface area contributed by atoms with Crippen molar-refractivity contribution in [2.75, 3.05) is 40.3 Å². The van der Waals surface area contributed by atoms with Crippen LogP contribution in [0.25, 0.3) is 11.4 Å². The Hall–Kier alpha value is -2.42. The lowest BCUT2D eigenvalue weighted by Crippen LogP contribution is -2.07. The van der Waals surface area contributed by atoms with Crippen LogP contribution >= 0.6 is 23.4 Å². The van der Waals surface area contributed by atoms with E-state index in [1.807, 2.05) is 36.4 Å². The van der Waals surface area contributed by atoms with E-state index in [-0.39, 0.29) is 0 Å². The first kappa shape index (κ1) is 23.2. The number of rotatable bonds is 12. The molecule has 0 bridgehead atoms. The molecule has 0 radical (unpaired) electrons. The van der Waals surface area contributed by atoms with E-state index in [4.69, 9.17) is 30.5 Å². The summed E-state index contributed by atoms with van der Waals surface area (Å²) in [5.41, 5.74) is 0.907. The molecule has 0 saturated heterocycles. The van der Waals surface area contributed by atoms with Crippen LogP contribution < -0.4 is 14.2 Å². The quantitative estimate of drug-likeness (QED) is 0.281. The second-order valence-corrected chi connectivity index (χ2v) is 8.03. The second-order valence-electron chi connectivity index (χ2n) is 6.53. The summed E-state index contributed by atoms with van der Waals surface area (Å²) >= 11 is 7.60. The molecule has 3 aromatic rings. The van der Waals surface area contributed by atoms with Gasteiger partial charge >= 0.3 is 0 Å². The van der Waals surface area contributed by atoms with E-state index >= 15 is 0 Å². The smallest absolute Gasteiger partial charge is 0.191 e. The van der Waals surface area contributed by atoms with E-state index in [0.29, 0.717) is 29.7 Å². The predicted octanol–water partition coefficient (Wildman–Crippen LogP) is 4.82. The first-order valence-corrected chi connectivity index (χ1v) is 11.2. The van der Waals surface area contributed by atoms with Gasteiger partial charge in [0, 0.05) is 36.6 Å². The Bertz CT molecular complexity index is 983. The molecule has 0 aliphatic heterocycles. The van der Waals surface area contributed by atoms with Gasteiger partial charge in [0.05, 0.1) is 20.8 Å².